The van der Waals surface area contributed by atoms with E-state index < -0.39 is 5.97 Å². The lowest BCUT2D eigenvalue weighted by Crippen LogP contribution is -2.30. The van der Waals surface area contributed by atoms with E-state index in [1.807, 2.05) is 35.7 Å². The van der Waals surface area contributed by atoms with E-state index in [9.17, 15) is 19.5 Å². The van der Waals surface area contributed by atoms with Gasteiger partial charge in [0.1, 0.15) is 4.70 Å². The molecule has 34 heavy (non-hydrogen) atoms. The number of carbonyl (C=O) groups excluding carboxylic acids is 1. The molecule has 0 atom stereocenters. The van der Waals surface area contributed by atoms with Crippen molar-refractivity contribution in [1.82, 2.24) is 14.9 Å². The molecule has 1 aliphatic carbocycles. The quantitative estimate of drug-likeness (QED) is 0.320. The molecule has 0 radical (unpaired) electrons. The number of halogens is 1. The van der Waals surface area contributed by atoms with Crippen molar-refractivity contribution in [2.75, 3.05) is 12.3 Å². The molecule has 4 rings (SSSR count). The Bertz CT molecular complexity index is 1220. The average Bonchev–Trinajstić information content (AvgIpc) is 3.30. The monoisotopic (exact) mass is 519 g/mol. The molecule has 2 N–H and O–H groups in total. The number of carboxylic acid groups (broad SMARTS) is 1. The van der Waals surface area contributed by atoms with E-state index in [0.29, 0.717) is 52.7 Å². The van der Waals surface area contributed by atoms with Crippen LogP contribution in [0.25, 0.3) is 10.2 Å². The number of thiophene rings is 1. The molecule has 2 heterocycles. The lowest BCUT2D eigenvalue weighted by molar-refractivity contribution is -0.143. The summed E-state index contributed by atoms with van der Waals surface area (Å²) in [6.45, 7) is 1.00. The first-order valence-electron chi connectivity index (χ1n) is 11.3. The third kappa shape index (κ3) is 6.20. The topological polar surface area (TPSA) is 101 Å². The molecule has 0 unspecified atom stereocenters. The zero-order valence-electron chi connectivity index (χ0n) is 18.5. The first kappa shape index (κ1) is 24.8. The van der Waals surface area contributed by atoms with Crippen molar-refractivity contribution in [2.45, 2.75) is 43.8 Å². The number of hydrogen-bond acceptors (Lipinski definition) is 6. The molecule has 1 aromatic carbocycles. The molecular weight excluding hydrogens is 494 g/mol. The van der Waals surface area contributed by atoms with Crippen LogP contribution in [0, 0.1) is 11.8 Å². The summed E-state index contributed by atoms with van der Waals surface area (Å²) in [5, 5.41) is 15.2. The highest BCUT2D eigenvalue weighted by Crippen LogP contribution is 2.31. The number of carbonyl (C=O) groups is 2. The molecule has 0 saturated heterocycles. The Kier molecular flexibility index (Phi) is 8.28. The van der Waals surface area contributed by atoms with Gasteiger partial charge in [-0.1, -0.05) is 35.5 Å². The standard InChI is InChI=1S/C24H26ClN3O4S2/c25-18-7-3-15(4-8-18)9-11-26-20(29)14-34-24-27-19-10-12-33-21(19)22(30)28(24)13-16-1-5-17(6-2-16)23(31)32/h3-4,7-8,10,12,16-17H,1-2,5-6,9,11,13-14H2,(H,26,29)(H,31,32). The molecular formula is C24H26ClN3O4S2. The number of hydrogen-bond donors (Lipinski definition) is 2. The number of aromatic nitrogens is 2. The molecule has 1 fully saturated rings. The van der Waals surface area contributed by atoms with Gasteiger partial charge in [-0.25, -0.2) is 4.98 Å². The summed E-state index contributed by atoms with van der Waals surface area (Å²) in [6, 6.07) is 9.35. The van der Waals surface area contributed by atoms with Crippen LogP contribution in [0.3, 0.4) is 0 Å². The van der Waals surface area contributed by atoms with Crippen molar-refractivity contribution < 1.29 is 14.7 Å². The Morgan fingerprint density at radius 2 is 1.91 bits per heavy atom. The maximum atomic E-state index is 13.2. The fourth-order valence-corrected chi connectivity index (χ4v) is 5.97. The van der Waals surface area contributed by atoms with E-state index in [1.54, 1.807) is 4.57 Å². The summed E-state index contributed by atoms with van der Waals surface area (Å²) in [5.74, 6) is -0.770. The number of benzene rings is 1. The lowest BCUT2D eigenvalue weighted by atomic mass is 9.82. The highest BCUT2D eigenvalue weighted by Gasteiger charge is 2.27. The summed E-state index contributed by atoms with van der Waals surface area (Å²) in [5.41, 5.74) is 1.64. The minimum atomic E-state index is -0.740. The molecule has 1 saturated carbocycles. The van der Waals surface area contributed by atoms with Crippen LogP contribution in [0.1, 0.15) is 31.2 Å². The maximum Gasteiger partial charge on any atom is 0.306 e. The lowest BCUT2D eigenvalue weighted by Gasteiger charge is -2.27. The fourth-order valence-electron chi connectivity index (χ4n) is 4.22. The largest absolute Gasteiger partial charge is 0.481 e. The summed E-state index contributed by atoms with van der Waals surface area (Å²) < 4.78 is 2.28. The first-order valence-corrected chi connectivity index (χ1v) is 13.5. The second-order valence-electron chi connectivity index (χ2n) is 8.52. The molecule has 180 valence electrons. The third-order valence-electron chi connectivity index (χ3n) is 6.15. The van der Waals surface area contributed by atoms with Gasteiger partial charge in [0, 0.05) is 18.1 Å². The van der Waals surface area contributed by atoms with Gasteiger partial charge < -0.3 is 10.4 Å². The molecule has 0 aliphatic heterocycles. The zero-order chi connectivity index (χ0) is 24.1. The Morgan fingerprint density at radius 1 is 1.18 bits per heavy atom. The second kappa shape index (κ2) is 11.4. The number of aliphatic carboxylic acids is 1. The van der Waals surface area contributed by atoms with E-state index >= 15 is 0 Å². The molecule has 0 spiro atoms. The highest BCUT2D eigenvalue weighted by atomic mass is 35.5. The van der Waals surface area contributed by atoms with Crippen molar-refractivity contribution in [2.24, 2.45) is 11.8 Å². The van der Waals surface area contributed by atoms with Gasteiger partial charge in [-0.05, 0) is 67.2 Å². The van der Waals surface area contributed by atoms with Crippen LogP contribution in [0.4, 0.5) is 0 Å². The third-order valence-corrected chi connectivity index (χ3v) is 8.27. The molecule has 0 bridgehead atoms. The number of amides is 1. The van der Waals surface area contributed by atoms with Crippen LogP contribution < -0.4 is 10.9 Å². The van der Waals surface area contributed by atoms with Gasteiger partial charge in [-0.3, -0.25) is 19.0 Å². The van der Waals surface area contributed by atoms with Gasteiger partial charge in [0.25, 0.3) is 5.56 Å². The van der Waals surface area contributed by atoms with Crippen LogP contribution >= 0.6 is 34.7 Å². The predicted octanol–water partition coefficient (Wildman–Crippen LogP) is 4.45. The minimum absolute atomic E-state index is 0.0917. The highest BCUT2D eigenvalue weighted by molar-refractivity contribution is 7.99. The van der Waals surface area contributed by atoms with E-state index in [4.69, 9.17) is 11.6 Å². The van der Waals surface area contributed by atoms with Crippen molar-refractivity contribution in [1.29, 1.82) is 0 Å². The first-order chi connectivity index (χ1) is 16.4. The summed E-state index contributed by atoms with van der Waals surface area (Å²) in [4.78, 5) is 41.5. The molecule has 2 aromatic heterocycles. The van der Waals surface area contributed by atoms with Crippen molar-refractivity contribution in [3.8, 4) is 0 Å². The molecule has 10 heteroatoms. The Morgan fingerprint density at radius 3 is 2.62 bits per heavy atom. The number of rotatable bonds is 9. The zero-order valence-corrected chi connectivity index (χ0v) is 20.9. The smallest absolute Gasteiger partial charge is 0.306 e. The van der Waals surface area contributed by atoms with Gasteiger partial charge in [-0.15, -0.1) is 11.3 Å². The van der Waals surface area contributed by atoms with E-state index in [1.165, 1.54) is 23.1 Å². The SMILES string of the molecule is O=C(CSc1nc2ccsc2c(=O)n1CC1CCC(C(=O)O)CC1)NCCc1ccc(Cl)cc1. The van der Waals surface area contributed by atoms with Crippen molar-refractivity contribution >= 4 is 56.8 Å². The van der Waals surface area contributed by atoms with Gasteiger partial charge in [0.05, 0.1) is 17.2 Å². The van der Waals surface area contributed by atoms with E-state index in [-0.39, 0.29) is 29.1 Å². The normalized spacial score (nSPS) is 18.1. The van der Waals surface area contributed by atoms with E-state index in [0.717, 1.165) is 18.4 Å². The van der Waals surface area contributed by atoms with Crippen molar-refractivity contribution in [3.05, 3.63) is 56.7 Å². The van der Waals surface area contributed by atoms with Gasteiger partial charge in [0.15, 0.2) is 5.16 Å². The van der Waals surface area contributed by atoms with Gasteiger partial charge in [-0.2, -0.15) is 0 Å². The van der Waals surface area contributed by atoms with Crippen LogP contribution in [0.5, 0.6) is 0 Å². The minimum Gasteiger partial charge on any atom is -0.481 e. The number of thioether (sulfide) groups is 1. The fraction of sp³-hybridized carbons (Fsp3) is 0.417. The predicted molar refractivity (Wildman–Crippen MR) is 136 cm³/mol. The summed E-state index contributed by atoms with van der Waals surface area (Å²) in [7, 11) is 0. The number of carboxylic acids is 1. The van der Waals surface area contributed by atoms with Crippen LogP contribution in [0.2, 0.25) is 5.02 Å². The second-order valence-corrected chi connectivity index (χ2v) is 10.8. The number of nitrogens with one attached hydrogen (secondary N) is 1. The molecule has 1 aliphatic rings. The molecule has 1 amide bonds. The van der Waals surface area contributed by atoms with Crippen molar-refractivity contribution in [3.63, 3.8) is 0 Å². The van der Waals surface area contributed by atoms with Gasteiger partial charge >= 0.3 is 5.97 Å². The van der Waals surface area contributed by atoms with Crippen LogP contribution in [-0.4, -0.2) is 38.8 Å². The van der Waals surface area contributed by atoms with Crippen LogP contribution in [0.15, 0.2) is 45.7 Å². The summed E-state index contributed by atoms with van der Waals surface area (Å²) >= 11 is 8.53. The molecule has 7 nitrogen and oxygen atoms in total. The molecule has 3 aromatic rings. The Hall–Kier alpha value is -2.36. The maximum absolute atomic E-state index is 13.2. The van der Waals surface area contributed by atoms with E-state index in [2.05, 4.69) is 10.3 Å². The number of nitrogens with zero attached hydrogens (tertiary/aromatic N) is 2. The number of fused-ring (bicyclic) bond motifs is 1. The Balaban J connectivity index is 1.39. The Labute approximate surface area is 210 Å². The van der Waals surface area contributed by atoms with Crippen LogP contribution in [-0.2, 0) is 22.6 Å². The van der Waals surface area contributed by atoms with Gasteiger partial charge in [0.2, 0.25) is 5.91 Å². The summed E-state index contributed by atoms with van der Waals surface area (Å²) in [6.07, 6.45) is 3.49. The average molecular weight is 520 g/mol.